The van der Waals surface area contributed by atoms with Crippen molar-refractivity contribution in [2.24, 2.45) is 0 Å². The number of thioether (sulfide) groups is 1. The Morgan fingerprint density at radius 3 is 2.88 bits per heavy atom. The van der Waals surface area contributed by atoms with E-state index in [4.69, 9.17) is 16.3 Å². The van der Waals surface area contributed by atoms with Crippen molar-refractivity contribution in [2.75, 3.05) is 25.2 Å². The Bertz CT molecular complexity index is 565. The molecule has 1 heterocycles. The number of rotatable bonds is 8. The number of benzene rings is 1. The minimum Gasteiger partial charge on any atom is -0.376 e. The number of hydrogen-bond donors (Lipinski definition) is 2. The Kier molecular flexibility index (Phi) is 7.88. The second-order valence-electron chi connectivity index (χ2n) is 5.67. The van der Waals surface area contributed by atoms with Crippen molar-refractivity contribution >= 4 is 35.2 Å². The molecule has 1 aliphatic rings. The fourth-order valence-electron chi connectivity index (χ4n) is 2.53. The number of carbonyl (C=O) groups excluding carboxylic acids is 2. The molecule has 0 saturated carbocycles. The van der Waals surface area contributed by atoms with E-state index < -0.39 is 6.04 Å². The molecule has 0 aliphatic carbocycles. The number of carbonyl (C=O) groups is 2. The Morgan fingerprint density at radius 2 is 2.21 bits per heavy atom. The van der Waals surface area contributed by atoms with E-state index in [1.54, 1.807) is 36.0 Å². The maximum absolute atomic E-state index is 12.4. The van der Waals surface area contributed by atoms with Gasteiger partial charge in [0.2, 0.25) is 5.91 Å². The molecule has 1 aromatic carbocycles. The molecule has 2 N–H and O–H groups in total. The van der Waals surface area contributed by atoms with E-state index >= 15 is 0 Å². The average molecular weight is 371 g/mol. The Labute approximate surface area is 151 Å². The van der Waals surface area contributed by atoms with E-state index in [0.29, 0.717) is 23.6 Å². The lowest BCUT2D eigenvalue weighted by Crippen LogP contribution is -2.48. The van der Waals surface area contributed by atoms with Crippen LogP contribution in [0.1, 0.15) is 29.6 Å². The zero-order chi connectivity index (χ0) is 17.4. The first-order chi connectivity index (χ1) is 11.6. The minimum atomic E-state index is -0.581. The van der Waals surface area contributed by atoms with Gasteiger partial charge in [0.15, 0.2) is 0 Å². The number of halogens is 1. The van der Waals surface area contributed by atoms with Gasteiger partial charge in [0, 0.05) is 13.2 Å². The summed E-state index contributed by atoms with van der Waals surface area (Å²) in [7, 11) is 0. The van der Waals surface area contributed by atoms with E-state index in [0.717, 1.165) is 25.2 Å². The number of nitrogens with one attached hydrogen (secondary N) is 2. The highest BCUT2D eigenvalue weighted by Gasteiger charge is 2.23. The molecule has 7 heteroatoms. The van der Waals surface area contributed by atoms with Gasteiger partial charge in [-0.05, 0) is 43.4 Å². The zero-order valence-corrected chi connectivity index (χ0v) is 15.3. The molecule has 2 amide bonds. The standard InChI is InChI=1S/C17H23ClN2O3S/c1-24-10-8-15(17(22)19-11-12-5-4-9-23-12)20-16(21)13-6-2-3-7-14(13)18/h2-3,6-7,12,15H,4-5,8-11H2,1H3,(H,19,22)(H,20,21). The van der Waals surface area contributed by atoms with E-state index in [1.165, 1.54) is 0 Å². The predicted octanol–water partition coefficient (Wildman–Crippen LogP) is 2.49. The molecule has 1 saturated heterocycles. The van der Waals surface area contributed by atoms with Crippen molar-refractivity contribution < 1.29 is 14.3 Å². The zero-order valence-electron chi connectivity index (χ0n) is 13.7. The normalized spacial score (nSPS) is 18.2. The van der Waals surface area contributed by atoms with E-state index in [2.05, 4.69) is 10.6 Å². The summed E-state index contributed by atoms with van der Waals surface area (Å²) in [4.78, 5) is 24.8. The lowest BCUT2D eigenvalue weighted by atomic mass is 10.1. The maximum Gasteiger partial charge on any atom is 0.253 e. The molecule has 2 atom stereocenters. The summed E-state index contributed by atoms with van der Waals surface area (Å²) in [5.74, 6) is 0.264. The third-order valence-electron chi connectivity index (χ3n) is 3.88. The van der Waals surface area contributed by atoms with Gasteiger partial charge in [-0.1, -0.05) is 23.7 Å². The van der Waals surface area contributed by atoms with Gasteiger partial charge >= 0.3 is 0 Å². The van der Waals surface area contributed by atoms with Crippen LogP contribution in [0.15, 0.2) is 24.3 Å². The molecule has 0 bridgehead atoms. The summed E-state index contributed by atoms with van der Waals surface area (Å²) in [6.07, 6.45) is 4.60. The third kappa shape index (κ3) is 5.69. The summed E-state index contributed by atoms with van der Waals surface area (Å²) in [5, 5.41) is 6.05. The van der Waals surface area contributed by atoms with Crippen LogP contribution in [0.2, 0.25) is 5.02 Å². The van der Waals surface area contributed by atoms with Gasteiger partial charge < -0.3 is 15.4 Å². The first-order valence-electron chi connectivity index (χ1n) is 8.05. The summed E-state index contributed by atoms with van der Waals surface area (Å²) in [6, 6.07) is 6.23. The van der Waals surface area contributed by atoms with Gasteiger partial charge in [0.1, 0.15) is 6.04 Å². The quantitative estimate of drug-likeness (QED) is 0.737. The van der Waals surface area contributed by atoms with Crippen LogP contribution in [0.4, 0.5) is 0 Å². The number of hydrogen-bond acceptors (Lipinski definition) is 4. The summed E-state index contributed by atoms with van der Waals surface area (Å²) in [5.41, 5.74) is 0.375. The molecule has 2 rings (SSSR count). The monoisotopic (exact) mass is 370 g/mol. The van der Waals surface area contributed by atoms with Crippen molar-refractivity contribution in [3.8, 4) is 0 Å². The first kappa shape index (κ1) is 19.1. The lowest BCUT2D eigenvalue weighted by Gasteiger charge is -2.19. The van der Waals surface area contributed by atoms with Crippen LogP contribution < -0.4 is 10.6 Å². The van der Waals surface area contributed by atoms with Gasteiger partial charge in [0.25, 0.3) is 5.91 Å². The Morgan fingerprint density at radius 1 is 1.42 bits per heavy atom. The first-order valence-corrected chi connectivity index (χ1v) is 9.82. The molecule has 1 aromatic rings. The van der Waals surface area contributed by atoms with E-state index in [-0.39, 0.29) is 17.9 Å². The van der Waals surface area contributed by atoms with Crippen LogP contribution in [0.25, 0.3) is 0 Å². The van der Waals surface area contributed by atoms with Gasteiger partial charge in [-0.3, -0.25) is 9.59 Å². The number of ether oxygens (including phenoxy) is 1. The largest absolute Gasteiger partial charge is 0.376 e. The molecule has 0 aromatic heterocycles. The molecular formula is C17H23ClN2O3S. The second kappa shape index (κ2) is 9.91. The van der Waals surface area contributed by atoms with Crippen molar-refractivity contribution in [1.29, 1.82) is 0 Å². The van der Waals surface area contributed by atoms with E-state index in [9.17, 15) is 9.59 Å². The molecule has 1 aliphatic heterocycles. The van der Waals surface area contributed by atoms with Crippen LogP contribution in [-0.4, -0.2) is 49.1 Å². The fraction of sp³-hybridized carbons (Fsp3) is 0.529. The van der Waals surface area contributed by atoms with Gasteiger partial charge in [0.05, 0.1) is 16.7 Å². The molecule has 0 spiro atoms. The number of amides is 2. The summed E-state index contributed by atoms with van der Waals surface area (Å²) < 4.78 is 5.51. The average Bonchev–Trinajstić information content (AvgIpc) is 3.10. The molecule has 2 unspecified atom stereocenters. The highest BCUT2D eigenvalue weighted by molar-refractivity contribution is 7.98. The Hall–Kier alpha value is -1.24. The van der Waals surface area contributed by atoms with Gasteiger partial charge in [-0.15, -0.1) is 0 Å². The smallest absolute Gasteiger partial charge is 0.253 e. The van der Waals surface area contributed by atoms with Crippen LogP contribution in [0.5, 0.6) is 0 Å². The van der Waals surface area contributed by atoms with Gasteiger partial charge in [-0.2, -0.15) is 11.8 Å². The van der Waals surface area contributed by atoms with Crippen molar-refractivity contribution in [1.82, 2.24) is 10.6 Å². The highest BCUT2D eigenvalue weighted by atomic mass is 35.5. The van der Waals surface area contributed by atoms with Crippen molar-refractivity contribution in [3.63, 3.8) is 0 Å². The minimum absolute atomic E-state index is 0.0782. The fourth-order valence-corrected chi connectivity index (χ4v) is 3.22. The maximum atomic E-state index is 12.4. The molecule has 24 heavy (non-hydrogen) atoms. The van der Waals surface area contributed by atoms with Crippen LogP contribution in [0, 0.1) is 0 Å². The van der Waals surface area contributed by atoms with Crippen LogP contribution in [-0.2, 0) is 9.53 Å². The van der Waals surface area contributed by atoms with Crippen LogP contribution in [0.3, 0.4) is 0 Å². The lowest BCUT2D eigenvalue weighted by molar-refractivity contribution is -0.123. The predicted molar refractivity (Wildman–Crippen MR) is 97.7 cm³/mol. The topological polar surface area (TPSA) is 67.4 Å². The summed E-state index contributed by atoms with van der Waals surface area (Å²) in [6.45, 7) is 1.23. The second-order valence-corrected chi connectivity index (χ2v) is 7.06. The van der Waals surface area contributed by atoms with Crippen LogP contribution >= 0.6 is 23.4 Å². The molecule has 132 valence electrons. The summed E-state index contributed by atoms with van der Waals surface area (Å²) >= 11 is 7.69. The van der Waals surface area contributed by atoms with Gasteiger partial charge in [-0.25, -0.2) is 0 Å². The Balaban J connectivity index is 1.94. The highest BCUT2D eigenvalue weighted by Crippen LogP contribution is 2.15. The molecule has 0 radical (unpaired) electrons. The molecular weight excluding hydrogens is 348 g/mol. The van der Waals surface area contributed by atoms with Crippen molar-refractivity contribution in [3.05, 3.63) is 34.9 Å². The molecule has 5 nitrogen and oxygen atoms in total. The van der Waals surface area contributed by atoms with E-state index in [1.807, 2.05) is 6.26 Å². The third-order valence-corrected chi connectivity index (χ3v) is 4.85. The molecule has 1 fully saturated rings. The SMILES string of the molecule is CSCCC(NC(=O)c1ccccc1Cl)C(=O)NCC1CCCO1. The van der Waals surface area contributed by atoms with Crippen molar-refractivity contribution in [2.45, 2.75) is 31.4 Å².